The Morgan fingerprint density at radius 1 is 1.24 bits per heavy atom. The van der Waals surface area contributed by atoms with Crippen LogP contribution in [0.4, 0.5) is 0 Å². The van der Waals surface area contributed by atoms with Gasteiger partial charge in [-0.2, -0.15) is 0 Å². The maximum Gasteiger partial charge on any atom is 0.0742 e. The average Bonchev–Trinajstić information content (AvgIpc) is 2.22. The van der Waals surface area contributed by atoms with Gasteiger partial charge in [0.05, 0.1) is 12.1 Å². The molecule has 0 aromatic carbocycles. The molecule has 17 heavy (non-hydrogen) atoms. The van der Waals surface area contributed by atoms with Crippen molar-refractivity contribution in [3.8, 4) is 0 Å². The molecule has 1 rings (SSSR count). The normalized spacial score (nSPS) is 26.1. The summed E-state index contributed by atoms with van der Waals surface area (Å²) in [5.41, 5.74) is 4.15. The van der Waals surface area contributed by atoms with Crippen molar-refractivity contribution >= 4 is 0 Å². The minimum atomic E-state index is 0.0974. The summed E-state index contributed by atoms with van der Waals surface area (Å²) in [5, 5.41) is 0. The van der Waals surface area contributed by atoms with Crippen molar-refractivity contribution in [2.24, 2.45) is 17.8 Å². The van der Waals surface area contributed by atoms with Crippen molar-refractivity contribution in [2.45, 2.75) is 65.4 Å². The van der Waals surface area contributed by atoms with Crippen molar-refractivity contribution in [1.29, 1.82) is 0 Å². The molecule has 0 saturated carbocycles. The minimum Gasteiger partial charge on any atom is -0.376 e. The summed E-state index contributed by atoms with van der Waals surface area (Å²) in [7, 11) is 0. The number of hydrogen-bond donors (Lipinski definition) is 1. The highest BCUT2D eigenvalue weighted by Gasteiger charge is 2.33. The van der Waals surface area contributed by atoms with Crippen molar-refractivity contribution in [2.75, 3.05) is 13.2 Å². The van der Waals surface area contributed by atoms with E-state index < -0.39 is 0 Å². The first-order chi connectivity index (χ1) is 7.94. The van der Waals surface area contributed by atoms with Crippen LogP contribution in [-0.2, 0) is 4.74 Å². The quantitative estimate of drug-likeness (QED) is 0.764. The molecule has 2 heteroatoms. The van der Waals surface area contributed by atoms with Gasteiger partial charge in [0.1, 0.15) is 0 Å². The fourth-order valence-electron chi connectivity index (χ4n) is 3.11. The third kappa shape index (κ3) is 5.39. The molecule has 0 aromatic heterocycles. The highest BCUT2D eigenvalue weighted by Crippen LogP contribution is 2.36. The fraction of sp³-hybridized carbons (Fsp3) is 1.00. The molecule has 1 fully saturated rings. The fourth-order valence-corrected chi connectivity index (χ4v) is 3.11. The van der Waals surface area contributed by atoms with Crippen molar-refractivity contribution < 1.29 is 10.5 Å². The maximum absolute atomic E-state index is 5.83. The third-order valence-corrected chi connectivity index (χ3v) is 4.09. The maximum atomic E-state index is 5.83. The molecule has 1 saturated heterocycles. The van der Waals surface area contributed by atoms with Crippen LogP contribution in [0.1, 0.15) is 59.8 Å². The van der Waals surface area contributed by atoms with Crippen LogP contribution in [0.2, 0.25) is 0 Å². The van der Waals surface area contributed by atoms with E-state index in [1.54, 1.807) is 0 Å². The van der Waals surface area contributed by atoms with Crippen LogP contribution in [0.5, 0.6) is 0 Å². The largest absolute Gasteiger partial charge is 0.376 e. The van der Waals surface area contributed by atoms with Gasteiger partial charge in [0, 0.05) is 6.61 Å². The van der Waals surface area contributed by atoms with E-state index in [1.807, 2.05) is 0 Å². The number of ether oxygens (including phenoxy) is 1. The van der Waals surface area contributed by atoms with Crippen LogP contribution < -0.4 is 5.73 Å². The smallest absolute Gasteiger partial charge is 0.0742 e. The molecule has 1 heterocycles. The Morgan fingerprint density at radius 3 is 2.47 bits per heavy atom. The highest BCUT2D eigenvalue weighted by molar-refractivity contribution is 4.83. The topological polar surface area (TPSA) is 36.9 Å². The molecule has 0 unspecified atom stereocenters. The molecule has 0 radical (unpaired) electrons. The van der Waals surface area contributed by atoms with Crippen molar-refractivity contribution in [3.05, 3.63) is 0 Å². The molecule has 1 aliphatic heterocycles. The lowest BCUT2D eigenvalue weighted by Crippen LogP contribution is -2.51. The summed E-state index contributed by atoms with van der Waals surface area (Å²) in [6.45, 7) is 11.2. The molecule has 2 nitrogen and oxygen atoms in total. The lowest BCUT2D eigenvalue weighted by Gasteiger charge is -2.39. The van der Waals surface area contributed by atoms with E-state index in [-0.39, 0.29) is 5.60 Å². The van der Waals surface area contributed by atoms with E-state index in [0.29, 0.717) is 0 Å². The van der Waals surface area contributed by atoms with Crippen LogP contribution in [0, 0.1) is 17.8 Å². The van der Waals surface area contributed by atoms with E-state index in [1.165, 1.54) is 32.1 Å². The molecule has 0 aliphatic carbocycles. The molecule has 0 spiro atoms. The summed E-state index contributed by atoms with van der Waals surface area (Å²) >= 11 is 0. The molecule has 0 amide bonds. The van der Waals surface area contributed by atoms with E-state index in [0.717, 1.165) is 30.9 Å². The van der Waals surface area contributed by atoms with Gasteiger partial charge >= 0.3 is 0 Å². The van der Waals surface area contributed by atoms with Gasteiger partial charge < -0.3 is 10.5 Å². The SMILES string of the molecule is CC(C)CC[C@H](CC[NH3+])[C@H]1CCOC(C)(C)C1. The zero-order chi connectivity index (χ0) is 12.9. The Labute approximate surface area is 107 Å². The second-order valence-corrected chi connectivity index (χ2v) is 6.73. The van der Waals surface area contributed by atoms with Gasteiger partial charge in [0.2, 0.25) is 0 Å². The van der Waals surface area contributed by atoms with Crippen molar-refractivity contribution in [1.82, 2.24) is 0 Å². The summed E-state index contributed by atoms with van der Waals surface area (Å²) in [5.74, 6) is 2.56. The molecule has 0 bridgehead atoms. The first-order valence-corrected chi connectivity index (χ1v) is 7.38. The Bertz CT molecular complexity index is 213. The lowest BCUT2D eigenvalue weighted by molar-refractivity contribution is -0.371. The third-order valence-electron chi connectivity index (χ3n) is 4.09. The molecule has 2 atom stereocenters. The standard InChI is InChI=1S/C15H31NO/c1-12(2)5-6-13(7-9-16)14-8-10-17-15(3,4)11-14/h12-14H,5-11,16H2,1-4H3/p+1/t13-,14+/m1/s1. The predicted octanol–water partition coefficient (Wildman–Crippen LogP) is 2.88. The van der Waals surface area contributed by atoms with Gasteiger partial charge in [-0.1, -0.05) is 20.3 Å². The zero-order valence-electron chi connectivity index (χ0n) is 12.3. The van der Waals surface area contributed by atoms with Crippen LogP contribution in [0.15, 0.2) is 0 Å². The molecule has 0 aromatic rings. The van der Waals surface area contributed by atoms with E-state index in [2.05, 4.69) is 33.4 Å². The van der Waals surface area contributed by atoms with Crippen LogP contribution in [0.3, 0.4) is 0 Å². The van der Waals surface area contributed by atoms with Gasteiger partial charge in [-0.3, -0.25) is 0 Å². The summed E-state index contributed by atoms with van der Waals surface area (Å²) < 4.78 is 5.83. The lowest BCUT2D eigenvalue weighted by atomic mass is 9.76. The van der Waals surface area contributed by atoms with E-state index in [4.69, 9.17) is 4.74 Å². The molecule has 1 aliphatic rings. The monoisotopic (exact) mass is 242 g/mol. The second kappa shape index (κ2) is 6.75. The van der Waals surface area contributed by atoms with Crippen molar-refractivity contribution in [3.63, 3.8) is 0 Å². The minimum absolute atomic E-state index is 0.0974. The summed E-state index contributed by atoms with van der Waals surface area (Å²) in [6, 6.07) is 0. The van der Waals surface area contributed by atoms with E-state index in [9.17, 15) is 0 Å². The first-order valence-electron chi connectivity index (χ1n) is 7.38. The van der Waals surface area contributed by atoms with Crippen LogP contribution in [0.25, 0.3) is 0 Å². The van der Waals surface area contributed by atoms with Crippen LogP contribution >= 0.6 is 0 Å². The molecule has 3 N–H and O–H groups in total. The number of quaternary nitrogens is 1. The molecular weight excluding hydrogens is 210 g/mol. The van der Waals surface area contributed by atoms with Gasteiger partial charge in [0.25, 0.3) is 0 Å². The van der Waals surface area contributed by atoms with Gasteiger partial charge in [-0.15, -0.1) is 0 Å². The second-order valence-electron chi connectivity index (χ2n) is 6.73. The number of rotatable bonds is 6. The number of hydrogen-bond acceptors (Lipinski definition) is 1. The van der Waals surface area contributed by atoms with Gasteiger partial charge in [-0.25, -0.2) is 0 Å². The summed E-state index contributed by atoms with van der Waals surface area (Å²) in [6.07, 6.45) is 6.53. The molecular formula is C15H32NO+. The Kier molecular flexibility index (Phi) is 5.94. The molecule has 102 valence electrons. The summed E-state index contributed by atoms with van der Waals surface area (Å²) in [4.78, 5) is 0. The predicted molar refractivity (Wildman–Crippen MR) is 72.7 cm³/mol. The van der Waals surface area contributed by atoms with Gasteiger partial charge in [0.15, 0.2) is 0 Å². The van der Waals surface area contributed by atoms with E-state index >= 15 is 0 Å². The Balaban J connectivity index is 2.50. The van der Waals surface area contributed by atoms with Crippen LogP contribution in [-0.4, -0.2) is 18.8 Å². The van der Waals surface area contributed by atoms with Gasteiger partial charge in [-0.05, 0) is 57.3 Å². The first kappa shape index (κ1) is 15.0. The Hall–Kier alpha value is -0.0800. The Morgan fingerprint density at radius 2 is 1.94 bits per heavy atom. The average molecular weight is 242 g/mol. The zero-order valence-corrected chi connectivity index (χ0v) is 12.3. The highest BCUT2D eigenvalue weighted by atomic mass is 16.5.